The van der Waals surface area contributed by atoms with Crippen LogP contribution < -0.4 is 16.2 Å². The number of thioether (sulfide) groups is 1. The van der Waals surface area contributed by atoms with E-state index in [0.717, 1.165) is 11.6 Å². The van der Waals surface area contributed by atoms with E-state index in [1.807, 2.05) is 12.4 Å². The van der Waals surface area contributed by atoms with Gasteiger partial charge in [0, 0.05) is 23.7 Å². The normalized spacial score (nSPS) is 22.7. The Kier molecular flexibility index (Phi) is 6.05. The third-order valence-electron chi connectivity index (χ3n) is 6.55. The smallest absolute Gasteiger partial charge is 0.234 e. The number of rotatable bonds is 5. The van der Waals surface area contributed by atoms with Crippen LogP contribution in [-0.2, 0) is 4.79 Å². The number of aryl methyl sites for hydroxylation is 2. The van der Waals surface area contributed by atoms with Crippen LogP contribution in [0.4, 0.5) is 5.69 Å². The molecule has 0 spiro atoms. The van der Waals surface area contributed by atoms with Crippen molar-refractivity contribution in [2.45, 2.75) is 45.4 Å². The number of hydrazone groups is 1. The number of amides is 1. The molecule has 34 heavy (non-hydrogen) atoms. The van der Waals surface area contributed by atoms with Gasteiger partial charge in [-0.25, -0.2) is 5.43 Å². The third-order valence-corrected chi connectivity index (χ3v) is 7.51. The lowest BCUT2D eigenvalue weighted by molar-refractivity contribution is -0.113. The fourth-order valence-electron chi connectivity index (χ4n) is 4.46. The maximum atomic E-state index is 12.5. The second-order valence-corrected chi connectivity index (χ2v) is 9.82. The number of carbonyl (C=O) groups excluding carboxylic acids is 2. The molecule has 2 aromatic carbocycles. The highest BCUT2D eigenvalue weighted by Gasteiger charge is 2.44. The minimum atomic E-state index is -0.119. The van der Waals surface area contributed by atoms with Crippen LogP contribution in [0.3, 0.4) is 0 Å². The molecule has 3 aliphatic rings. The highest BCUT2D eigenvalue weighted by Crippen LogP contribution is 2.35. The highest BCUT2D eigenvalue weighted by atomic mass is 32.2. The molecule has 9 heteroatoms. The minimum absolute atomic E-state index is 0.000598. The van der Waals surface area contributed by atoms with Crippen LogP contribution in [0.25, 0.3) is 0 Å². The molecule has 8 nitrogen and oxygen atoms in total. The average Bonchev–Trinajstić information content (AvgIpc) is 3.44. The predicted molar refractivity (Wildman–Crippen MR) is 135 cm³/mol. The highest BCUT2D eigenvalue weighted by molar-refractivity contribution is 8.14. The summed E-state index contributed by atoms with van der Waals surface area (Å²) in [6, 6.07) is 14.0. The summed E-state index contributed by atoms with van der Waals surface area (Å²) in [5, 5.41) is 10.3. The van der Waals surface area contributed by atoms with Gasteiger partial charge in [-0.3, -0.25) is 15.0 Å². The van der Waals surface area contributed by atoms with E-state index in [2.05, 4.69) is 63.2 Å². The largest absolute Gasteiger partial charge is 0.325 e. The Balaban J connectivity index is 1.17. The van der Waals surface area contributed by atoms with Gasteiger partial charge in [0.2, 0.25) is 5.91 Å². The molecule has 176 valence electrons. The van der Waals surface area contributed by atoms with E-state index in [4.69, 9.17) is 0 Å². The van der Waals surface area contributed by atoms with Gasteiger partial charge in [0.15, 0.2) is 11.0 Å². The first-order valence-corrected chi connectivity index (χ1v) is 12.3. The summed E-state index contributed by atoms with van der Waals surface area (Å²) in [7, 11) is 0. The summed E-state index contributed by atoms with van der Waals surface area (Å²) in [6.45, 7) is 5.80. The van der Waals surface area contributed by atoms with E-state index >= 15 is 0 Å². The fourth-order valence-corrected chi connectivity index (χ4v) is 5.24. The molecule has 0 saturated carbocycles. The fraction of sp³-hybridized carbons (Fsp3) is 0.320. The van der Waals surface area contributed by atoms with E-state index in [0.29, 0.717) is 11.3 Å². The number of fused-ring (bicyclic) bond motifs is 3. The van der Waals surface area contributed by atoms with Gasteiger partial charge in [0.05, 0.1) is 17.8 Å². The Labute approximate surface area is 203 Å². The monoisotopic (exact) mass is 476 g/mol. The summed E-state index contributed by atoms with van der Waals surface area (Å²) < 4.78 is 0. The van der Waals surface area contributed by atoms with Crippen molar-refractivity contribution in [1.82, 2.24) is 20.8 Å². The summed E-state index contributed by atoms with van der Waals surface area (Å²) in [4.78, 5) is 26.0. The molecule has 0 radical (unpaired) electrons. The molecule has 1 fully saturated rings. The van der Waals surface area contributed by atoms with Gasteiger partial charge in [0.1, 0.15) is 6.17 Å². The predicted octanol–water partition coefficient (Wildman–Crippen LogP) is 3.49. The van der Waals surface area contributed by atoms with Crippen molar-refractivity contribution in [1.29, 1.82) is 0 Å². The van der Waals surface area contributed by atoms with E-state index < -0.39 is 0 Å². The number of anilines is 1. The molecule has 3 aliphatic heterocycles. The van der Waals surface area contributed by atoms with E-state index in [-0.39, 0.29) is 35.7 Å². The first-order valence-electron chi connectivity index (χ1n) is 11.3. The molecule has 0 aliphatic carbocycles. The molecule has 5 rings (SSSR count). The summed E-state index contributed by atoms with van der Waals surface area (Å²) in [6.07, 6.45) is 5.01. The number of benzene rings is 2. The van der Waals surface area contributed by atoms with Crippen molar-refractivity contribution in [3.8, 4) is 0 Å². The van der Waals surface area contributed by atoms with Crippen molar-refractivity contribution in [3.05, 3.63) is 77.1 Å². The number of ketones is 1. The topological polar surface area (TPSA) is 89.1 Å². The average molecular weight is 477 g/mol. The van der Waals surface area contributed by atoms with Gasteiger partial charge in [-0.05, 0) is 68.1 Å². The summed E-state index contributed by atoms with van der Waals surface area (Å²) in [5.41, 5.74) is 12.1. The minimum Gasteiger partial charge on any atom is -0.325 e. The van der Waals surface area contributed by atoms with Gasteiger partial charge in [0.25, 0.3) is 0 Å². The molecule has 3 heterocycles. The lowest BCUT2D eigenvalue weighted by Crippen LogP contribution is -2.54. The van der Waals surface area contributed by atoms with Crippen LogP contribution in [-0.4, -0.2) is 44.7 Å². The summed E-state index contributed by atoms with van der Waals surface area (Å²) in [5.74, 6) is 0.122. The van der Waals surface area contributed by atoms with Gasteiger partial charge in [-0.1, -0.05) is 30.0 Å². The third kappa shape index (κ3) is 4.41. The maximum absolute atomic E-state index is 12.5. The number of Topliss-reactive ketones (excluding diaryl/α,β-unsaturated/α-hetero) is 1. The molecule has 3 atom stereocenters. The SMILES string of the molecule is CC(=O)c1ccc(NC(=O)CSC2=NNC3C4CC(c5ccc(C)c(C)c5)NN4C=CN23)cc1. The standard InChI is InChI=1S/C25H28N6O2S/c1-15-4-5-19(12-16(15)2)21-13-22-24-27-28-25(30(24)10-11-31(22)29-21)34-14-23(33)26-20-8-6-18(7-9-20)17(3)32/h4-12,21-22,24,27,29H,13-14H2,1-3H3,(H,26,33). The van der Waals surface area contributed by atoms with E-state index in [1.165, 1.54) is 35.4 Å². The van der Waals surface area contributed by atoms with Crippen molar-refractivity contribution in [2.24, 2.45) is 5.10 Å². The number of nitrogens with one attached hydrogen (secondary N) is 3. The zero-order valence-corrected chi connectivity index (χ0v) is 20.2. The molecule has 3 unspecified atom stereocenters. The first kappa shape index (κ1) is 22.5. The number of hydrogen-bond acceptors (Lipinski definition) is 8. The number of hydrazine groups is 1. The Morgan fingerprint density at radius 2 is 1.91 bits per heavy atom. The molecular formula is C25H28N6O2S. The number of nitrogens with zero attached hydrogens (tertiary/aromatic N) is 3. The number of amidine groups is 1. The second kappa shape index (κ2) is 9.15. The number of hydrogen-bond donors (Lipinski definition) is 3. The lowest BCUT2D eigenvalue weighted by Gasteiger charge is -2.36. The van der Waals surface area contributed by atoms with Crippen LogP contribution in [0.15, 0.2) is 60.0 Å². The van der Waals surface area contributed by atoms with E-state index in [9.17, 15) is 9.59 Å². The van der Waals surface area contributed by atoms with Gasteiger partial charge in [-0.2, -0.15) is 5.10 Å². The quantitative estimate of drug-likeness (QED) is 0.570. The van der Waals surface area contributed by atoms with Crippen LogP contribution in [0, 0.1) is 13.8 Å². The first-order chi connectivity index (χ1) is 16.4. The van der Waals surface area contributed by atoms with Gasteiger partial charge < -0.3 is 15.2 Å². The summed E-state index contributed by atoms with van der Waals surface area (Å²) >= 11 is 1.40. The Bertz CT molecular complexity index is 1180. The maximum Gasteiger partial charge on any atom is 0.234 e. The Hall–Kier alpha value is -3.30. The molecule has 2 aromatic rings. The van der Waals surface area contributed by atoms with Crippen molar-refractivity contribution >= 4 is 34.3 Å². The molecular weight excluding hydrogens is 448 g/mol. The van der Waals surface area contributed by atoms with Crippen molar-refractivity contribution < 1.29 is 9.59 Å². The van der Waals surface area contributed by atoms with Crippen LogP contribution in [0.2, 0.25) is 0 Å². The Morgan fingerprint density at radius 3 is 2.65 bits per heavy atom. The molecule has 1 saturated heterocycles. The second-order valence-electron chi connectivity index (χ2n) is 8.88. The molecule has 0 bridgehead atoms. The molecule has 0 aromatic heterocycles. The lowest BCUT2D eigenvalue weighted by atomic mass is 9.97. The molecule has 1 amide bonds. The van der Waals surface area contributed by atoms with E-state index in [1.54, 1.807) is 24.3 Å². The van der Waals surface area contributed by atoms with Crippen LogP contribution in [0.5, 0.6) is 0 Å². The number of carbonyl (C=O) groups is 2. The zero-order valence-electron chi connectivity index (χ0n) is 19.4. The van der Waals surface area contributed by atoms with Gasteiger partial charge in [-0.15, -0.1) is 0 Å². The molecule has 3 N–H and O–H groups in total. The van der Waals surface area contributed by atoms with Crippen LogP contribution >= 0.6 is 11.8 Å². The zero-order chi connectivity index (χ0) is 23.8. The Morgan fingerprint density at radius 1 is 1.12 bits per heavy atom. The van der Waals surface area contributed by atoms with Crippen molar-refractivity contribution in [3.63, 3.8) is 0 Å². The van der Waals surface area contributed by atoms with Gasteiger partial charge >= 0.3 is 0 Å². The van der Waals surface area contributed by atoms with Crippen LogP contribution in [0.1, 0.15) is 46.4 Å². The van der Waals surface area contributed by atoms with Crippen molar-refractivity contribution in [2.75, 3.05) is 11.1 Å².